The highest BCUT2D eigenvalue weighted by Crippen LogP contribution is 2.32. The Morgan fingerprint density at radius 1 is 1.36 bits per heavy atom. The lowest BCUT2D eigenvalue weighted by Gasteiger charge is -2.08. The molecular weight excluding hydrogens is 300 g/mol. The fourth-order valence-electron chi connectivity index (χ4n) is 1.92. The lowest BCUT2D eigenvalue weighted by atomic mass is 10.2. The van der Waals surface area contributed by atoms with Gasteiger partial charge in [0.05, 0.1) is 25.9 Å². The van der Waals surface area contributed by atoms with Gasteiger partial charge in [-0.1, -0.05) is 18.7 Å². The van der Waals surface area contributed by atoms with Crippen LogP contribution >= 0.6 is 11.8 Å². The molecule has 1 atom stereocenters. The van der Waals surface area contributed by atoms with Crippen molar-refractivity contribution in [1.82, 2.24) is 15.2 Å². The second kappa shape index (κ2) is 7.71. The fourth-order valence-corrected chi connectivity index (χ4v) is 2.76. The Bertz CT molecular complexity index is 666. The Labute approximate surface area is 133 Å². The molecular formula is C15H18N4O2S. The average Bonchev–Trinajstić information content (AvgIpc) is 3.00. The van der Waals surface area contributed by atoms with E-state index in [1.165, 1.54) is 0 Å². The van der Waals surface area contributed by atoms with Crippen LogP contribution in [0.2, 0.25) is 0 Å². The highest BCUT2D eigenvalue weighted by atomic mass is 32.2. The molecule has 1 heterocycles. The summed E-state index contributed by atoms with van der Waals surface area (Å²) in [6.45, 7) is 2.06. The number of aromatic nitrogens is 3. The first-order chi connectivity index (χ1) is 10.7. The third-order valence-electron chi connectivity index (χ3n) is 3.10. The van der Waals surface area contributed by atoms with Crippen LogP contribution in [0.5, 0.6) is 11.5 Å². The second-order valence-electron chi connectivity index (χ2n) is 4.66. The summed E-state index contributed by atoms with van der Waals surface area (Å²) in [6, 6.07) is 7.69. The van der Waals surface area contributed by atoms with E-state index < -0.39 is 0 Å². The SMILES string of the molecule is COc1ccc(-c2nc(S[C@@H](C)CCC#N)n[nH]2)c(OC)c1. The Morgan fingerprint density at radius 2 is 2.18 bits per heavy atom. The summed E-state index contributed by atoms with van der Waals surface area (Å²) in [5, 5.41) is 16.7. The number of nitriles is 1. The smallest absolute Gasteiger partial charge is 0.209 e. The summed E-state index contributed by atoms with van der Waals surface area (Å²) in [4.78, 5) is 4.49. The molecule has 2 rings (SSSR count). The molecule has 1 aromatic carbocycles. The number of aromatic amines is 1. The summed E-state index contributed by atoms with van der Waals surface area (Å²) in [5.41, 5.74) is 0.826. The van der Waals surface area contributed by atoms with E-state index in [0.717, 1.165) is 17.7 Å². The van der Waals surface area contributed by atoms with E-state index >= 15 is 0 Å². The van der Waals surface area contributed by atoms with Gasteiger partial charge in [-0.15, -0.1) is 5.10 Å². The van der Waals surface area contributed by atoms with Crippen LogP contribution in [-0.2, 0) is 0 Å². The topological polar surface area (TPSA) is 83.8 Å². The molecule has 0 amide bonds. The quantitative estimate of drug-likeness (QED) is 0.789. The normalized spacial score (nSPS) is 11.7. The van der Waals surface area contributed by atoms with Crippen LogP contribution in [0.1, 0.15) is 19.8 Å². The van der Waals surface area contributed by atoms with E-state index in [2.05, 4.69) is 28.2 Å². The minimum atomic E-state index is 0.293. The zero-order valence-electron chi connectivity index (χ0n) is 12.8. The van der Waals surface area contributed by atoms with E-state index in [1.807, 2.05) is 12.1 Å². The van der Waals surface area contributed by atoms with Crippen LogP contribution in [0.3, 0.4) is 0 Å². The second-order valence-corrected chi connectivity index (χ2v) is 6.06. The van der Waals surface area contributed by atoms with E-state index in [1.54, 1.807) is 32.0 Å². The van der Waals surface area contributed by atoms with Crippen molar-refractivity contribution < 1.29 is 9.47 Å². The van der Waals surface area contributed by atoms with Gasteiger partial charge in [0.2, 0.25) is 5.16 Å². The number of hydrogen-bond acceptors (Lipinski definition) is 6. The monoisotopic (exact) mass is 318 g/mol. The number of rotatable bonds is 7. The van der Waals surface area contributed by atoms with E-state index in [9.17, 15) is 0 Å². The first kappa shape index (κ1) is 16.2. The number of benzene rings is 1. The zero-order chi connectivity index (χ0) is 15.9. The zero-order valence-corrected chi connectivity index (χ0v) is 13.6. The molecule has 0 unspecified atom stereocenters. The van der Waals surface area contributed by atoms with Gasteiger partial charge >= 0.3 is 0 Å². The maximum Gasteiger partial charge on any atom is 0.209 e. The first-order valence-electron chi connectivity index (χ1n) is 6.86. The molecule has 1 N–H and O–H groups in total. The lowest BCUT2D eigenvalue weighted by molar-refractivity contribution is 0.395. The summed E-state index contributed by atoms with van der Waals surface area (Å²) in [5.74, 6) is 2.04. The Balaban J connectivity index is 2.16. The third-order valence-corrected chi connectivity index (χ3v) is 4.13. The van der Waals surface area contributed by atoms with Crippen molar-refractivity contribution in [2.75, 3.05) is 14.2 Å². The number of hydrogen-bond donors (Lipinski definition) is 1. The molecule has 116 valence electrons. The van der Waals surface area contributed by atoms with Crippen molar-refractivity contribution in [3.05, 3.63) is 18.2 Å². The third kappa shape index (κ3) is 3.92. The van der Waals surface area contributed by atoms with Gasteiger partial charge in [0, 0.05) is 17.7 Å². The maximum atomic E-state index is 8.61. The van der Waals surface area contributed by atoms with Gasteiger partial charge < -0.3 is 9.47 Å². The summed E-state index contributed by atoms with van der Waals surface area (Å²) >= 11 is 1.55. The fraction of sp³-hybridized carbons (Fsp3) is 0.400. The molecule has 0 bridgehead atoms. The van der Waals surface area contributed by atoms with Gasteiger partial charge in [-0.25, -0.2) is 4.98 Å². The number of H-pyrrole nitrogens is 1. The molecule has 0 saturated heterocycles. The minimum Gasteiger partial charge on any atom is -0.497 e. The predicted octanol–water partition coefficient (Wildman–Crippen LogP) is 3.27. The van der Waals surface area contributed by atoms with Crippen molar-refractivity contribution in [2.24, 2.45) is 0 Å². The Kier molecular flexibility index (Phi) is 5.67. The minimum absolute atomic E-state index is 0.293. The van der Waals surface area contributed by atoms with Crippen LogP contribution in [0.4, 0.5) is 0 Å². The molecule has 0 aliphatic carbocycles. The van der Waals surface area contributed by atoms with Crippen LogP contribution in [-0.4, -0.2) is 34.7 Å². The number of methoxy groups -OCH3 is 2. The van der Waals surface area contributed by atoms with Crippen molar-refractivity contribution in [2.45, 2.75) is 30.2 Å². The molecule has 0 radical (unpaired) electrons. The molecule has 0 fully saturated rings. The van der Waals surface area contributed by atoms with Crippen LogP contribution in [0.25, 0.3) is 11.4 Å². The average molecular weight is 318 g/mol. The summed E-state index contributed by atoms with van der Waals surface area (Å²) < 4.78 is 10.6. The molecule has 0 aliphatic heterocycles. The molecule has 0 spiro atoms. The Morgan fingerprint density at radius 3 is 2.86 bits per heavy atom. The number of ether oxygens (including phenoxy) is 2. The molecule has 2 aromatic rings. The summed E-state index contributed by atoms with van der Waals surface area (Å²) in [6.07, 6.45) is 1.36. The standard InChI is InChI=1S/C15H18N4O2S/c1-10(5-4-8-16)22-15-17-14(18-19-15)12-7-6-11(20-2)9-13(12)21-3/h6-7,9-10H,4-5H2,1-3H3,(H,17,18,19)/t10-/m0/s1. The number of nitrogens with one attached hydrogen (secondary N) is 1. The van der Waals surface area contributed by atoms with Crippen LogP contribution in [0, 0.1) is 11.3 Å². The van der Waals surface area contributed by atoms with Crippen molar-refractivity contribution in [3.63, 3.8) is 0 Å². The highest BCUT2D eigenvalue weighted by molar-refractivity contribution is 7.99. The molecule has 0 saturated carbocycles. The Hall–Kier alpha value is -2.20. The molecule has 1 aromatic heterocycles. The lowest BCUT2D eigenvalue weighted by Crippen LogP contribution is -1.95. The van der Waals surface area contributed by atoms with E-state index in [-0.39, 0.29) is 0 Å². The molecule has 0 aliphatic rings. The molecule has 22 heavy (non-hydrogen) atoms. The highest BCUT2D eigenvalue weighted by Gasteiger charge is 2.14. The van der Waals surface area contributed by atoms with E-state index in [4.69, 9.17) is 14.7 Å². The van der Waals surface area contributed by atoms with Gasteiger partial charge in [-0.3, -0.25) is 5.10 Å². The van der Waals surface area contributed by atoms with Crippen molar-refractivity contribution in [1.29, 1.82) is 5.26 Å². The van der Waals surface area contributed by atoms with E-state index in [0.29, 0.717) is 28.4 Å². The number of thioether (sulfide) groups is 1. The van der Waals surface area contributed by atoms with Crippen LogP contribution < -0.4 is 9.47 Å². The molecule has 7 heteroatoms. The summed E-state index contributed by atoms with van der Waals surface area (Å²) in [7, 11) is 3.22. The first-order valence-corrected chi connectivity index (χ1v) is 7.74. The van der Waals surface area contributed by atoms with Gasteiger partial charge in [-0.2, -0.15) is 5.26 Å². The van der Waals surface area contributed by atoms with Gasteiger partial charge in [-0.05, 0) is 18.6 Å². The van der Waals surface area contributed by atoms with Gasteiger partial charge in [0.15, 0.2) is 5.82 Å². The van der Waals surface area contributed by atoms with Gasteiger partial charge in [0.25, 0.3) is 0 Å². The predicted molar refractivity (Wildman–Crippen MR) is 85.1 cm³/mol. The largest absolute Gasteiger partial charge is 0.497 e. The van der Waals surface area contributed by atoms with Crippen molar-refractivity contribution >= 4 is 11.8 Å². The van der Waals surface area contributed by atoms with Crippen molar-refractivity contribution in [3.8, 4) is 29.0 Å². The van der Waals surface area contributed by atoms with Crippen LogP contribution in [0.15, 0.2) is 23.4 Å². The number of nitrogens with zero attached hydrogens (tertiary/aromatic N) is 3. The molecule has 6 nitrogen and oxygen atoms in total. The maximum absolute atomic E-state index is 8.61. The van der Waals surface area contributed by atoms with Gasteiger partial charge in [0.1, 0.15) is 11.5 Å².